The van der Waals surface area contributed by atoms with Crippen LogP contribution in [0.25, 0.3) is 5.69 Å². The summed E-state index contributed by atoms with van der Waals surface area (Å²) in [5.41, 5.74) is 7.07. The predicted octanol–water partition coefficient (Wildman–Crippen LogP) is 7.30. The molecule has 1 aliphatic rings. The van der Waals surface area contributed by atoms with Crippen LogP contribution in [0.15, 0.2) is 66.7 Å². The number of urea groups is 1. The summed E-state index contributed by atoms with van der Waals surface area (Å²) in [6.07, 6.45) is 5.06. The third-order valence-corrected chi connectivity index (χ3v) is 9.48. The molecule has 0 fully saturated rings. The molecule has 2 heterocycles. The Labute approximate surface area is 295 Å². The van der Waals surface area contributed by atoms with Crippen LogP contribution in [0, 0.1) is 13.8 Å². The van der Waals surface area contributed by atoms with E-state index in [2.05, 4.69) is 24.5 Å². The smallest absolute Gasteiger partial charge is 0.323 e. The summed E-state index contributed by atoms with van der Waals surface area (Å²) >= 11 is 0. The lowest BCUT2D eigenvalue weighted by Gasteiger charge is -2.36. The molecule has 1 aromatic heterocycles. The number of rotatable bonds is 13. The number of aliphatic hydroxyl groups is 1. The molecular weight excluding hydrogens is 628 g/mol. The molecule has 4 amide bonds. The molecule has 264 valence electrons. The summed E-state index contributed by atoms with van der Waals surface area (Å²) < 4.78 is 1.63. The van der Waals surface area contributed by atoms with E-state index in [1.807, 2.05) is 68.1 Å². The van der Waals surface area contributed by atoms with Crippen LogP contribution in [0.4, 0.5) is 16.2 Å². The molecule has 0 saturated carbocycles. The summed E-state index contributed by atoms with van der Waals surface area (Å²) in [4.78, 5) is 45.2. The lowest BCUT2D eigenvalue weighted by Crippen LogP contribution is -2.46. The molecule has 0 radical (unpaired) electrons. The van der Waals surface area contributed by atoms with Gasteiger partial charge in [0.15, 0.2) is 5.69 Å². The first-order chi connectivity index (χ1) is 24.2. The second-order valence-electron chi connectivity index (χ2n) is 13.1. The van der Waals surface area contributed by atoms with Crippen molar-refractivity contribution in [1.29, 1.82) is 0 Å². The van der Waals surface area contributed by atoms with Crippen LogP contribution >= 0.6 is 0 Å². The Morgan fingerprint density at radius 3 is 2.30 bits per heavy atom. The molecule has 1 aliphatic heterocycles. The number of fused-ring (bicyclic) bond motifs is 1. The molecule has 10 nitrogen and oxygen atoms in total. The molecule has 0 aliphatic carbocycles. The first-order valence-corrected chi connectivity index (χ1v) is 17.8. The number of hydrogen-bond donors (Lipinski definition) is 3. The number of aliphatic hydroxyl groups excluding tert-OH is 1. The van der Waals surface area contributed by atoms with Gasteiger partial charge in [0.2, 0.25) is 0 Å². The van der Waals surface area contributed by atoms with Crippen LogP contribution in [0.1, 0.15) is 95.2 Å². The molecule has 3 N–H and O–H groups in total. The Balaban J connectivity index is 1.52. The molecular formula is C40H50N6O4. The predicted molar refractivity (Wildman–Crippen MR) is 198 cm³/mol. The second-order valence-corrected chi connectivity index (χ2v) is 13.1. The van der Waals surface area contributed by atoms with Gasteiger partial charge in [0.25, 0.3) is 11.8 Å². The van der Waals surface area contributed by atoms with E-state index in [4.69, 9.17) is 5.10 Å². The summed E-state index contributed by atoms with van der Waals surface area (Å²) in [6, 6.07) is 19.9. The molecule has 1 atom stereocenters. The van der Waals surface area contributed by atoms with E-state index in [1.54, 1.807) is 33.8 Å². The zero-order valence-electron chi connectivity index (χ0n) is 30.0. The molecule has 10 heteroatoms. The Morgan fingerprint density at radius 1 is 0.900 bits per heavy atom. The van der Waals surface area contributed by atoms with Crippen molar-refractivity contribution in [2.24, 2.45) is 0 Å². The largest absolute Gasteiger partial charge is 0.394 e. The van der Waals surface area contributed by atoms with Crippen molar-refractivity contribution in [2.75, 3.05) is 30.3 Å². The Morgan fingerprint density at radius 2 is 1.62 bits per heavy atom. The SMILES string of the molecule is CCCCN(CCCC)C(=O)c1cc(C)n(-c2ccc(NC(=O)Nc3c(C)cccc3CC)cc2C(=O)N2Cc3ccccc3CC2CO)n1. The van der Waals surface area contributed by atoms with E-state index >= 15 is 0 Å². The molecule has 0 spiro atoms. The number of aryl methyl sites for hydroxylation is 3. The van der Waals surface area contributed by atoms with Crippen molar-refractivity contribution in [1.82, 2.24) is 19.6 Å². The number of nitrogens with zero attached hydrogens (tertiary/aromatic N) is 4. The topological polar surface area (TPSA) is 120 Å². The zero-order chi connectivity index (χ0) is 35.8. The molecule has 0 saturated heterocycles. The zero-order valence-corrected chi connectivity index (χ0v) is 30.0. The van der Waals surface area contributed by atoms with Crippen molar-refractivity contribution >= 4 is 29.2 Å². The number of amides is 4. The van der Waals surface area contributed by atoms with Crippen LogP contribution in [0.5, 0.6) is 0 Å². The Hall–Kier alpha value is -4.96. The van der Waals surface area contributed by atoms with Crippen molar-refractivity contribution in [2.45, 2.75) is 85.7 Å². The average molecular weight is 679 g/mol. The maximum Gasteiger partial charge on any atom is 0.323 e. The van der Waals surface area contributed by atoms with Crippen LogP contribution < -0.4 is 10.6 Å². The third kappa shape index (κ3) is 8.08. The summed E-state index contributed by atoms with van der Waals surface area (Å²) in [5.74, 6) is -0.438. The normalized spacial score (nSPS) is 13.9. The fourth-order valence-corrected chi connectivity index (χ4v) is 6.59. The Kier molecular flexibility index (Phi) is 12.1. The van der Waals surface area contributed by atoms with Gasteiger partial charge in [0.05, 0.1) is 23.9 Å². The van der Waals surface area contributed by atoms with E-state index in [-0.39, 0.29) is 18.4 Å². The van der Waals surface area contributed by atoms with E-state index in [1.165, 1.54) is 0 Å². The minimum Gasteiger partial charge on any atom is -0.394 e. The number of carbonyl (C=O) groups is 3. The molecule has 50 heavy (non-hydrogen) atoms. The van der Waals surface area contributed by atoms with Crippen LogP contribution in [0.3, 0.4) is 0 Å². The Bertz CT molecular complexity index is 1820. The fraction of sp³-hybridized carbons (Fsp3) is 0.400. The van der Waals surface area contributed by atoms with Gasteiger partial charge in [0, 0.05) is 36.7 Å². The number of anilines is 2. The molecule has 3 aromatic carbocycles. The monoisotopic (exact) mass is 678 g/mol. The second kappa shape index (κ2) is 16.6. The van der Waals surface area contributed by atoms with E-state index in [0.29, 0.717) is 54.4 Å². The molecule has 1 unspecified atom stereocenters. The highest BCUT2D eigenvalue weighted by atomic mass is 16.3. The first kappa shape index (κ1) is 36.3. The quantitative estimate of drug-likeness (QED) is 0.137. The highest BCUT2D eigenvalue weighted by Gasteiger charge is 2.32. The van der Waals surface area contributed by atoms with Gasteiger partial charge in [-0.1, -0.05) is 76.1 Å². The van der Waals surface area contributed by atoms with Gasteiger partial charge in [-0.15, -0.1) is 0 Å². The van der Waals surface area contributed by atoms with E-state index < -0.39 is 12.1 Å². The maximum absolute atomic E-state index is 14.6. The number of benzene rings is 3. The van der Waals surface area contributed by atoms with Crippen LogP contribution in [-0.2, 0) is 19.4 Å². The summed E-state index contributed by atoms with van der Waals surface area (Å²) in [6.45, 7) is 11.5. The number of nitrogens with one attached hydrogen (secondary N) is 2. The van der Waals surface area contributed by atoms with Crippen molar-refractivity contribution in [3.05, 3.63) is 106 Å². The highest BCUT2D eigenvalue weighted by molar-refractivity contribution is 6.03. The maximum atomic E-state index is 14.6. The van der Waals surface area contributed by atoms with Gasteiger partial charge in [-0.2, -0.15) is 5.10 Å². The first-order valence-electron chi connectivity index (χ1n) is 17.8. The third-order valence-electron chi connectivity index (χ3n) is 9.48. The number of aromatic nitrogens is 2. The van der Waals surface area contributed by atoms with Gasteiger partial charge in [0.1, 0.15) is 0 Å². The minimum atomic E-state index is -0.430. The lowest BCUT2D eigenvalue weighted by molar-refractivity contribution is 0.0544. The summed E-state index contributed by atoms with van der Waals surface area (Å²) in [7, 11) is 0. The molecule has 0 bridgehead atoms. The standard InChI is InChI=1S/C40H50N6O4/c1-6-9-20-44(21-10-7-2)39(49)35-22-28(5)46(43-35)36-19-18-32(41-40(50)42-37-27(4)14-13-17-29(37)8-3)24-34(36)38(48)45-25-31-16-12-11-15-30(31)23-33(45)26-47/h11-19,22,24,33,47H,6-10,20-21,23,25-26H2,1-5H3,(H2,41,42,50). The van der Waals surface area contributed by atoms with Crippen molar-refractivity contribution in [3.63, 3.8) is 0 Å². The van der Waals surface area contributed by atoms with Gasteiger partial charge < -0.3 is 25.5 Å². The number of hydrogen-bond acceptors (Lipinski definition) is 5. The number of carbonyl (C=O) groups excluding carboxylic acids is 3. The van der Waals surface area contributed by atoms with Gasteiger partial charge in [-0.25, -0.2) is 9.48 Å². The summed E-state index contributed by atoms with van der Waals surface area (Å²) in [5, 5.41) is 21.1. The fourth-order valence-electron chi connectivity index (χ4n) is 6.59. The molecule has 5 rings (SSSR count). The van der Waals surface area contributed by atoms with Crippen molar-refractivity contribution < 1.29 is 19.5 Å². The van der Waals surface area contributed by atoms with E-state index in [0.717, 1.165) is 60.0 Å². The van der Waals surface area contributed by atoms with Gasteiger partial charge in [-0.3, -0.25) is 9.59 Å². The number of para-hydroxylation sites is 1. The van der Waals surface area contributed by atoms with Gasteiger partial charge in [-0.05, 0) is 86.1 Å². The van der Waals surface area contributed by atoms with E-state index in [9.17, 15) is 19.5 Å². The molecule has 4 aromatic rings. The van der Waals surface area contributed by atoms with Crippen molar-refractivity contribution in [3.8, 4) is 5.69 Å². The average Bonchev–Trinajstić information content (AvgIpc) is 3.52. The minimum absolute atomic E-state index is 0.132. The highest BCUT2D eigenvalue weighted by Crippen LogP contribution is 2.29. The van der Waals surface area contributed by atoms with Gasteiger partial charge >= 0.3 is 6.03 Å². The lowest BCUT2D eigenvalue weighted by atomic mass is 9.93. The van der Waals surface area contributed by atoms with Crippen LogP contribution in [-0.4, -0.2) is 68.3 Å². The number of unbranched alkanes of at least 4 members (excludes halogenated alkanes) is 2. The van der Waals surface area contributed by atoms with Crippen LogP contribution in [0.2, 0.25) is 0 Å².